The molecule has 2 heterocycles. The maximum absolute atomic E-state index is 8.96. The Labute approximate surface area is 104 Å². The highest BCUT2D eigenvalue weighted by Crippen LogP contribution is 2.26. The van der Waals surface area contributed by atoms with E-state index in [0.29, 0.717) is 6.54 Å². The van der Waals surface area contributed by atoms with Crippen molar-refractivity contribution in [3.05, 3.63) is 29.0 Å². The fourth-order valence-corrected chi connectivity index (χ4v) is 2.68. The summed E-state index contributed by atoms with van der Waals surface area (Å²) in [4.78, 5) is 6.81. The minimum absolute atomic E-state index is 0.195. The summed E-state index contributed by atoms with van der Waals surface area (Å²) in [6, 6.07) is 5.82. The van der Waals surface area contributed by atoms with Crippen LogP contribution in [-0.2, 0) is 13.1 Å². The molecule has 0 radical (unpaired) electrons. The second-order valence-electron chi connectivity index (χ2n) is 4.29. The number of hydrogen-bond acceptors (Lipinski definition) is 3. The molecule has 1 aromatic carbocycles. The highest BCUT2D eigenvalue weighted by molar-refractivity contribution is 6.35. The predicted molar refractivity (Wildman–Crippen MR) is 67.1 cm³/mol. The van der Waals surface area contributed by atoms with Gasteiger partial charge < -0.3 is 9.67 Å². The molecule has 4 nitrogen and oxygen atoms in total. The van der Waals surface area contributed by atoms with Crippen LogP contribution in [0.25, 0.3) is 11.0 Å². The zero-order valence-electron chi connectivity index (χ0n) is 9.43. The standard InChI is InChI=1S/C12H14ClN3O/c13-9-2-1-3-10-12(9)16-5-4-15(6-7-17)8-11(16)14-10/h1-3,17H,4-8H2. The smallest absolute Gasteiger partial charge is 0.124 e. The number of hydrogen-bond donors (Lipinski definition) is 1. The number of rotatable bonds is 2. The summed E-state index contributed by atoms with van der Waals surface area (Å²) < 4.78 is 2.19. The van der Waals surface area contributed by atoms with Gasteiger partial charge in [0, 0.05) is 19.6 Å². The molecule has 0 spiro atoms. The third-order valence-electron chi connectivity index (χ3n) is 3.22. The van der Waals surface area contributed by atoms with E-state index < -0.39 is 0 Å². The number of aromatic nitrogens is 2. The van der Waals surface area contributed by atoms with Gasteiger partial charge in [-0.05, 0) is 12.1 Å². The number of imidazole rings is 1. The fourth-order valence-electron chi connectivity index (χ4n) is 2.40. The van der Waals surface area contributed by atoms with Crippen molar-refractivity contribution in [1.82, 2.24) is 14.5 Å². The lowest BCUT2D eigenvalue weighted by atomic mass is 10.3. The van der Waals surface area contributed by atoms with E-state index in [1.807, 2.05) is 18.2 Å². The van der Waals surface area contributed by atoms with Crippen molar-refractivity contribution >= 4 is 22.6 Å². The fraction of sp³-hybridized carbons (Fsp3) is 0.417. The Bertz CT molecular complexity index is 552. The second-order valence-corrected chi connectivity index (χ2v) is 4.69. The molecular formula is C12H14ClN3O. The first-order valence-electron chi connectivity index (χ1n) is 5.76. The zero-order valence-corrected chi connectivity index (χ0v) is 10.2. The summed E-state index contributed by atoms with van der Waals surface area (Å²) in [7, 11) is 0. The number of para-hydroxylation sites is 1. The van der Waals surface area contributed by atoms with Gasteiger partial charge in [-0.1, -0.05) is 17.7 Å². The van der Waals surface area contributed by atoms with E-state index in [1.54, 1.807) is 0 Å². The largest absolute Gasteiger partial charge is 0.395 e. The number of β-amino-alcohol motifs (C(OH)–C–C–N with tert-alkyl or cyclic N) is 1. The van der Waals surface area contributed by atoms with Crippen molar-refractivity contribution in [3.8, 4) is 0 Å². The van der Waals surface area contributed by atoms with E-state index in [-0.39, 0.29) is 6.61 Å². The van der Waals surface area contributed by atoms with Gasteiger partial charge in [0.1, 0.15) is 5.82 Å². The summed E-state index contributed by atoms with van der Waals surface area (Å²) in [6.07, 6.45) is 0. The van der Waals surface area contributed by atoms with Crippen LogP contribution < -0.4 is 0 Å². The number of aliphatic hydroxyl groups is 1. The Kier molecular flexibility index (Phi) is 2.78. The average Bonchev–Trinajstić information content (AvgIpc) is 2.68. The predicted octanol–water partition coefficient (Wildman–Crippen LogP) is 1.50. The highest BCUT2D eigenvalue weighted by atomic mass is 35.5. The van der Waals surface area contributed by atoms with Gasteiger partial charge in [0.25, 0.3) is 0 Å². The van der Waals surface area contributed by atoms with Crippen molar-refractivity contribution in [2.24, 2.45) is 0 Å². The lowest BCUT2D eigenvalue weighted by molar-refractivity contribution is 0.166. The Morgan fingerprint density at radius 2 is 2.24 bits per heavy atom. The third-order valence-corrected chi connectivity index (χ3v) is 3.52. The molecule has 1 aliphatic heterocycles. The minimum atomic E-state index is 0.195. The molecule has 3 rings (SSSR count). The maximum atomic E-state index is 8.96. The Balaban J connectivity index is 2.05. The highest BCUT2D eigenvalue weighted by Gasteiger charge is 2.20. The first-order chi connectivity index (χ1) is 8.29. The zero-order chi connectivity index (χ0) is 11.8. The van der Waals surface area contributed by atoms with Crippen LogP contribution in [-0.4, -0.2) is 39.3 Å². The van der Waals surface area contributed by atoms with Crippen LogP contribution in [0.4, 0.5) is 0 Å². The van der Waals surface area contributed by atoms with Crippen LogP contribution in [0.5, 0.6) is 0 Å². The quantitative estimate of drug-likeness (QED) is 0.880. The molecule has 90 valence electrons. The van der Waals surface area contributed by atoms with Crippen LogP contribution in [0.1, 0.15) is 5.82 Å². The van der Waals surface area contributed by atoms with E-state index in [4.69, 9.17) is 16.7 Å². The Hall–Kier alpha value is -1.10. The molecule has 0 saturated carbocycles. The minimum Gasteiger partial charge on any atom is -0.395 e. The third kappa shape index (κ3) is 1.82. The topological polar surface area (TPSA) is 41.3 Å². The molecule has 0 bridgehead atoms. The van der Waals surface area contributed by atoms with Crippen molar-refractivity contribution in [2.45, 2.75) is 13.1 Å². The molecule has 2 aromatic rings. The lowest BCUT2D eigenvalue weighted by Gasteiger charge is -2.27. The van der Waals surface area contributed by atoms with Crippen molar-refractivity contribution in [1.29, 1.82) is 0 Å². The SMILES string of the molecule is OCCN1CCn2c(nc3cccc(Cl)c32)C1. The monoisotopic (exact) mass is 251 g/mol. The molecule has 17 heavy (non-hydrogen) atoms. The molecule has 0 fully saturated rings. The molecule has 5 heteroatoms. The van der Waals surface area contributed by atoms with Gasteiger partial charge in [-0.15, -0.1) is 0 Å². The van der Waals surface area contributed by atoms with Crippen molar-refractivity contribution in [2.75, 3.05) is 19.7 Å². The molecular weight excluding hydrogens is 238 g/mol. The Morgan fingerprint density at radius 1 is 1.35 bits per heavy atom. The number of benzene rings is 1. The summed E-state index contributed by atoms with van der Waals surface area (Å²) in [5.41, 5.74) is 1.99. The van der Waals surface area contributed by atoms with E-state index >= 15 is 0 Å². The number of halogens is 1. The van der Waals surface area contributed by atoms with Gasteiger partial charge in [-0.2, -0.15) is 0 Å². The van der Waals surface area contributed by atoms with Gasteiger partial charge in [0.15, 0.2) is 0 Å². The molecule has 0 saturated heterocycles. The van der Waals surface area contributed by atoms with Gasteiger partial charge in [0.05, 0.1) is 29.2 Å². The number of aliphatic hydroxyl groups excluding tert-OH is 1. The molecule has 1 aliphatic rings. The normalized spacial score (nSPS) is 16.4. The van der Waals surface area contributed by atoms with Gasteiger partial charge in [-0.25, -0.2) is 4.98 Å². The van der Waals surface area contributed by atoms with Gasteiger partial charge >= 0.3 is 0 Å². The molecule has 1 N–H and O–H groups in total. The van der Waals surface area contributed by atoms with E-state index in [1.165, 1.54) is 0 Å². The van der Waals surface area contributed by atoms with E-state index in [9.17, 15) is 0 Å². The Morgan fingerprint density at radius 3 is 3.06 bits per heavy atom. The van der Waals surface area contributed by atoms with Gasteiger partial charge in [0.2, 0.25) is 0 Å². The lowest BCUT2D eigenvalue weighted by Crippen LogP contribution is -2.35. The van der Waals surface area contributed by atoms with Crippen LogP contribution in [0.2, 0.25) is 5.02 Å². The van der Waals surface area contributed by atoms with Crippen LogP contribution in [0.15, 0.2) is 18.2 Å². The second kappa shape index (κ2) is 4.29. The van der Waals surface area contributed by atoms with Gasteiger partial charge in [-0.3, -0.25) is 4.90 Å². The summed E-state index contributed by atoms with van der Waals surface area (Å²) in [5.74, 6) is 1.04. The maximum Gasteiger partial charge on any atom is 0.124 e. The van der Waals surface area contributed by atoms with Crippen LogP contribution in [0.3, 0.4) is 0 Å². The molecule has 0 amide bonds. The van der Waals surface area contributed by atoms with Crippen molar-refractivity contribution < 1.29 is 5.11 Å². The molecule has 1 aromatic heterocycles. The molecule has 0 unspecified atom stereocenters. The van der Waals surface area contributed by atoms with Crippen molar-refractivity contribution in [3.63, 3.8) is 0 Å². The van der Waals surface area contributed by atoms with E-state index in [0.717, 1.165) is 41.5 Å². The summed E-state index contributed by atoms with van der Waals surface area (Å²) in [6.45, 7) is 3.50. The number of nitrogens with zero attached hydrogens (tertiary/aromatic N) is 3. The van der Waals surface area contributed by atoms with Crippen LogP contribution >= 0.6 is 11.6 Å². The molecule has 0 atom stereocenters. The number of fused-ring (bicyclic) bond motifs is 3. The first kappa shape index (κ1) is 11.0. The van der Waals surface area contributed by atoms with E-state index in [2.05, 4.69) is 14.5 Å². The first-order valence-corrected chi connectivity index (χ1v) is 6.14. The summed E-state index contributed by atoms with van der Waals surface area (Å²) in [5, 5.41) is 9.72. The summed E-state index contributed by atoms with van der Waals surface area (Å²) >= 11 is 6.22. The van der Waals surface area contributed by atoms with Crippen LogP contribution in [0, 0.1) is 0 Å². The molecule has 0 aliphatic carbocycles. The average molecular weight is 252 g/mol.